The van der Waals surface area contributed by atoms with E-state index in [1.807, 2.05) is 0 Å². The first-order valence-corrected chi connectivity index (χ1v) is 8.38. The Kier molecular flexibility index (Phi) is 4.30. The number of carbonyl (C=O) groups excluding carboxylic acids is 2. The van der Waals surface area contributed by atoms with Crippen LogP contribution in [0.1, 0.15) is 39.8 Å². The van der Waals surface area contributed by atoms with Gasteiger partial charge in [-0.25, -0.2) is 0 Å². The second-order valence-corrected chi connectivity index (χ2v) is 7.00. The third-order valence-corrected chi connectivity index (χ3v) is 5.35. The van der Waals surface area contributed by atoms with Crippen LogP contribution in [0.3, 0.4) is 0 Å². The van der Waals surface area contributed by atoms with Gasteiger partial charge in [-0.3, -0.25) is 9.59 Å². The Hall–Kier alpha value is -2.39. The maximum absolute atomic E-state index is 12.2. The van der Waals surface area contributed by atoms with Crippen LogP contribution in [0.15, 0.2) is 18.3 Å². The maximum atomic E-state index is 12.2. The lowest BCUT2D eigenvalue weighted by molar-refractivity contribution is -0.116. The van der Waals surface area contributed by atoms with Crippen LogP contribution in [0.2, 0.25) is 0 Å². The molecule has 2 aromatic rings. The Morgan fingerprint density at radius 3 is 3.17 bits per heavy atom. The summed E-state index contributed by atoms with van der Waals surface area (Å²) >= 11 is 1.51. The first-order valence-electron chi connectivity index (χ1n) is 7.57. The minimum Gasteiger partial charge on any atom is -0.336 e. The molecule has 0 aliphatic heterocycles. The van der Waals surface area contributed by atoms with Crippen molar-refractivity contribution in [2.45, 2.75) is 32.7 Å². The van der Waals surface area contributed by atoms with Crippen molar-refractivity contribution < 1.29 is 9.59 Å². The third-order valence-electron chi connectivity index (χ3n) is 4.18. The van der Waals surface area contributed by atoms with E-state index in [1.54, 1.807) is 22.9 Å². The molecule has 5 nitrogen and oxygen atoms in total. The molecule has 0 fully saturated rings. The van der Waals surface area contributed by atoms with Crippen molar-refractivity contribution in [1.29, 1.82) is 5.26 Å². The lowest BCUT2D eigenvalue weighted by atomic mass is 9.89. The second kappa shape index (κ2) is 6.39. The molecule has 118 valence electrons. The molecule has 0 spiro atoms. The summed E-state index contributed by atoms with van der Waals surface area (Å²) in [6.07, 6.45) is 5.36. The Bertz CT molecular complexity index is 797. The number of nitrogens with one attached hydrogen (secondary N) is 1. The maximum Gasteiger partial charge on any atom is 0.244 e. The number of aldehydes is 1. The normalized spacial score (nSPS) is 16.4. The summed E-state index contributed by atoms with van der Waals surface area (Å²) in [7, 11) is 0. The van der Waals surface area contributed by atoms with Crippen LogP contribution in [0.4, 0.5) is 5.00 Å². The average Bonchev–Trinajstić information content (AvgIpc) is 3.09. The SMILES string of the molecule is CC1CCc2c(sc(NC(=O)Cn3cccc3C=O)c2C#N)C1. The molecule has 1 N–H and O–H groups in total. The van der Waals surface area contributed by atoms with Crippen molar-refractivity contribution in [1.82, 2.24) is 4.57 Å². The molecule has 1 aliphatic carbocycles. The van der Waals surface area contributed by atoms with Gasteiger partial charge in [-0.1, -0.05) is 6.92 Å². The molecule has 1 atom stereocenters. The minimum atomic E-state index is -0.229. The van der Waals surface area contributed by atoms with Crippen LogP contribution in [-0.2, 0) is 24.2 Å². The molecule has 3 rings (SSSR count). The van der Waals surface area contributed by atoms with Gasteiger partial charge in [-0.15, -0.1) is 11.3 Å². The molecule has 0 aromatic carbocycles. The molecule has 6 heteroatoms. The van der Waals surface area contributed by atoms with Crippen LogP contribution < -0.4 is 5.32 Å². The average molecular weight is 327 g/mol. The van der Waals surface area contributed by atoms with Gasteiger partial charge in [-0.2, -0.15) is 5.26 Å². The molecule has 1 amide bonds. The quantitative estimate of drug-likeness (QED) is 0.877. The van der Waals surface area contributed by atoms with Crippen molar-refractivity contribution in [2.24, 2.45) is 5.92 Å². The van der Waals surface area contributed by atoms with Gasteiger partial charge < -0.3 is 9.88 Å². The highest BCUT2D eigenvalue weighted by Crippen LogP contribution is 2.39. The molecule has 23 heavy (non-hydrogen) atoms. The number of nitriles is 1. The Morgan fingerprint density at radius 1 is 1.61 bits per heavy atom. The standard InChI is InChI=1S/C17H17N3O2S/c1-11-4-5-13-14(8-18)17(23-15(13)7-11)19-16(22)9-20-6-2-3-12(20)10-21/h2-3,6,10-11H,4-5,7,9H2,1H3,(H,19,22). The highest BCUT2D eigenvalue weighted by atomic mass is 32.1. The molecular weight excluding hydrogens is 310 g/mol. The molecule has 0 radical (unpaired) electrons. The fraction of sp³-hybridized carbons (Fsp3) is 0.353. The largest absolute Gasteiger partial charge is 0.336 e. The minimum absolute atomic E-state index is 0.0604. The van der Waals surface area contributed by atoms with Crippen molar-refractivity contribution in [3.8, 4) is 6.07 Å². The van der Waals surface area contributed by atoms with Gasteiger partial charge in [0, 0.05) is 11.1 Å². The van der Waals surface area contributed by atoms with E-state index >= 15 is 0 Å². The molecular formula is C17H17N3O2S. The number of hydrogen-bond donors (Lipinski definition) is 1. The number of thiophene rings is 1. The van der Waals surface area contributed by atoms with E-state index in [0.29, 0.717) is 22.2 Å². The monoisotopic (exact) mass is 327 g/mol. The Morgan fingerprint density at radius 2 is 2.43 bits per heavy atom. The number of amides is 1. The molecule has 0 bridgehead atoms. The van der Waals surface area contributed by atoms with Crippen LogP contribution in [-0.4, -0.2) is 16.8 Å². The van der Waals surface area contributed by atoms with Gasteiger partial charge in [0.05, 0.1) is 11.3 Å². The van der Waals surface area contributed by atoms with Crippen molar-refractivity contribution in [2.75, 3.05) is 5.32 Å². The number of nitrogens with zero attached hydrogens (tertiary/aromatic N) is 2. The van der Waals surface area contributed by atoms with E-state index in [1.165, 1.54) is 16.2 Å². The zero-order valence-corrected chi connectivity index (χ0v) is 13.7. The zero-order valence-electron chi connectivity index (χ0n) is 12.8. The molecule has 2 aromatic heterocycles. The number of carbonyl (C=O) groups is 2. The molecule has 2 heterocycles. The summed E-state index contributed by atoms with van der Waals surface area (Å²) < 4.78 is 1.59. The highest BCUT2D eigenvalue weighted by molar-refractivity contribution is 7.16. The summed E-state index contributed by atoms with van der Waals surface area (Å²) in [5.41, 5.74) is 2.16. The fourth-order valence-electron chi connectivity index (χ4n) is 2.96. The predicted octanol–water partition coefficient (Wildman–Crippen LogP) is 3.00. The fourth-order valence-corrected chi connectivity index (χ4v) is 4.33. The van der Waals surface area contributed by atoms with Crippen molar-refractivity contribution in [3.05, 3.63) is 40.0 Å². The van der Waals surface area contributed by atoms with Crippen LogP contribution in [0, 0.1) is 17.2 Å². The van der Waals surface area contributed by atoms with Crippen LogP contribution in [0.25, 0.3) is 0 Å². The molecule has 0 saturated carbocycles. The van der Waals surface area contributed by atoms with Gasteiger partial charge in [0.1, 0.15) is 17.6 Å². The number of aromatic nitrogens is 1. The van der Waals surface area contributed by atoms with Gasteiger partial charge in [0.2, 0.25) is 5.91 Å². The Labute approximate surface area is 138 Å². The smallest absolute Gasteiger partial charge is 0.244 e. The first-order chi connectivity index (χ1) is 11.1. The van der Waals surface area contributed by atoms with Crippen molar-refractivity contribution in [3.63, 3.8) is 0 Å². The van der Waals surface area contributed by atoms with Crippen LogP contribution >= 0.6 is 11.3 Å². The first kappa shape index (κ1) is 15.5. The predicted molar refractivity (Wildman–Crippen MR) is 88.7 cm³/mol. The number of hydrogen-bond acceptors (Lipinski definition) is 4. The van der Waals surface area contributed by atoms with Gasteiger partial charge in [0.25, 0.3) is 0 Å². The van der Waals surface area contributed by atoms with E-state index in [2.05, 4.69) is 18.3 Å². The van der Waals surface area contributed by atoms with E-state index < -0.39 is 0 Å². The molecule has 0 saturated heterocycles. The van der Waals surface area contributed by atoms with E-state index in [4.69, 9.17) is 0 Å². The Balaban J connectivity index is 1.79. The summed E-state index contributed by atoms with van der Waals surface area (Å²) in [4.78, 5) is 24.4. The topological polar surface area (TPSA) is 74.9 Å². The lowest BCUT2D eigenvalue weighted by Crippen LogP contribution is -2.19. The summed E-state index contributed by atoms with van der Waals surface area (Å²) in [5, 5.41) is 12.9. The van der Waals surface area contributed by atoms with E-state index in [9.17, 15) is 14.9 Å². The van der Waals surface area contributed by atoms with Gasteiger partial charge in [0.15, 0.2) is 6.29 Å². The zero-order chi connectivity index (χ0) is 16.4. The molecule has 1 aliphatic rings. The number of anilines is 1. The molecule has 1 unspecified atom stereocenters. The van der Waals surface area contributed by atoms with E-state index in [0.717, 1.165) is 31.1 Å². The number of fused-ring (bicyclic) bond motifs is 1. The third kappa shape index (κ3) is 3.06. The van der Waals surface area contributed by atoms with Crippen LogP contribution in [0.5, 0.6) is 0 Å². The summed E-state index contributed by atoms with van der Waals surface area (Å²) in [6.45, 7) is 2.27. The summed E-state index contributed by atoms with van der Waals surface area (Å²) in [5.74, 6) is 0.388. The van der Waals surface area contributed by atoms with Crippen molar-refractivity contribution >= 4 is 28.5 Å². The highest BCUT2D eigenvalue weighted by Gasteiger charge is 2.24. The second-order valence-electron chi connectivity index (χ2n) is 5.89. The number of rotatable bonds is 4. The summed E-state index contributed by atoms with van der Waals surface area (Å²) in [6, 6.07) is 5.62. The van der Waals surface area contributed by atoms with Gasteiger partial charge >= 0.3 is 0 Å². The van der Waals surface area contributed by atoms with Gasteiger partial charge in [-0.05, 0) is 42.9 Å². The lowest BCUT2D eigenvalue weighted by Gasteiger charge is -2.17. The van der Waals surface area contributed by atoms with E-state index in [-0.39, 0.29) is 12.5 Å².